The molecule has 2 N–H and O–H groups in total. The summed E-state index contributed by atoms with van der Waals surface area (Å²) in [7, 11) is 0. The zero-order valence-corrected chi connectivity index (χ0v) is 15.9. The van der Waals surface area contributed by atoms with E-state index in [1.807, 2.05) is 12.1 Å². The van der Waals surface area contributed by atoms with Crippen molar-refractivity contribution in [2.75, 3.05) is 6.61 Å². The largest absolute Gasteiger partial charge is 0.378 e. The number of aromatic amines is 1. The lowest BCUT2D eigenvalue weighted by Gasteiger charge is -2.33. The molecular formula is C18H21ClN4O2S. The molecule has 1 aromatic heterocycles. The van der Waals surface area contributed by atoms with Gasteiger partial charge in [0.05, 0.1) is 6.10 Å². The number of fused-ring (bicyclic) bond motifs is 1. The first-order valence-corrected chi connectivity index (χ1v) is 9.72. The first-order chi connectivity index (χ1) is 12.6. The molecule has 2 aliphatic rings. The van der Waals surface area contributed by atoms with Crippen LogP contribution in [0, 0.1) is 10.7 Å². The summed E-state index contributed by atoms with van der Waals surface area (Å²) < 4.78 is 7.93. The second kappa shape index (κ2) is 7.50. The van der Waals surface area contributed by atoms with E-state index in [1.165, 1.54) is 0 Å². The Bertz CT molecular complexity index is 848. The molecule has 0 radical (unpaired) electrons. The highest BCUT2D eigenvalue weighted by molar-refractivity contribution is 7.71. The normalized spacial score (nSPS) is 25.0. The molecule has 3 unspecified atom stereocenters. The van der Waals surface area contributed by atoms with Gasteiger partial charge in [0.15, 0.2) is 10.6 Å². The summed E-state index contributed by atoms with van der Waals surface area (Å²) in [6, 6.07) is 7.50. The minimum absolute atomic E-state index is 0.0461. The molecule has 1 aromatic carbocycles. The summed E-state index contributed by atoms with van der Waals surface area (Å²) in [5.74, 6) is 1.02. The van der Waals surface area contributed by atoms with Gasteiger partial charge < -0.3 is 10.1 Å². The number of aromatic nitrogens is 3. The van der Waals surface area contributed by atoms with Crippen LogP contribution >= 0.6 is 23.8 Å². The first kappa shape index (κ1) is 17.7. The molecule has 3 atom stereocenters. The van der Waals surface area contributed by atoms with Crippen molar-refractivity contribution in [3.8, 4) is 11.4 Å². The Morgan fingerprint density at radius 2 is 2.15 bits per heavy atom. The van der Waals surface area contributed by atoms with Crippen LogP contribution in [0.3, 0.4) is 0 Å². The van der Waals surface area contributed by atoms with Gasteiger partial charge in [-0.3, -0.25) is 14.5 Å². The lowest BCUT2D eigenvalue weighted by molar-refractivity contribution is -0.123. The van der Waals surface area contributed by atoms with E-state index in [0.717, 1.165) is 37.9 Å². The summed E-state index contributed by atoms with van der Waals surface area (Å²) in [5.41, 5.74) is 0.858. The average Bonchev–Trinajstić information content (AvgIpc) is 3.24. The molecular weight excluding hydrogens is 372 g/mol. The quantitative estimate of drug-likeness (QED) is 0.783. The van der Waals surface area contributed by atoms with E-state index in [9.17, 15) is 4.79 Å². The molecule has 6 nitrogen and oxygen atoms in total. The number of rotatable bonds is 4. The number of nitrogens with one attached hydrogen (secondary N) is 2. The maximum atomic E-state index is 12.7. The fourth-order valence-electron chi connectivity index (χ4n) is 4.03. The Kier molecular flexibility index (Phi) is 5.11. The van der Waals surface area contributed by atoms with Crippen LogP contribution in [-0.4, -0.2) is 39.4 Å². The second-order valence-corrected chi connectivity index (χ2v) is 7.74. The number of halogens is 1. The van der Waals surface area contributed by atoms with E-state index in [-0.39, 0.29) is 18.5 Å². The number of H-pyrrole nitrogens is 1. The van der Waals surface area contributed by atoms with Crippen molar-refractivity contribution in [2.24, 2.45) is 5.92 Å². The number of amides is 1. The monoisotopic (exact) mass is 392 g/mol. The molecule has 8 heteroatoms. The Labute approximate surface area is 161 Å². The van der Waals surface area contributed by atoms with Gasteiger partial charge in [-0.05, 0) is 62.2 Å². The van der Waals surface area contributed by atoms with Gasteiger partial charge in [0.25, 0.3) is 0 Å². The number of carbonyl (C=O) groups is 1. The molecule has 2 aromatic rings. The molecule has 1 saturated heterocycles. The van der Waals surface area contributed by atoms with Crippen LogP contribution in [-0.2, 0) is 16.1 Å². The van der Waals surface area contributed by atoms with Crippen molar-refractivity contribution in [3.63, 3.8) is 0 Å². The van der Waals surface area contributed by atoms with Crippen LogP contribution in [0.5, 0.6) is 0 Å². The first-order valence-electron chi connectivity index (χ1n) is 8.94. The summed E-state index contributed by atoms with van der Waals surface area (Å²) in [6.45, 7) is 0.942. The summed E-state index contributed by atoms with van der Waals surface area (Å²) in [4.78, 5) is 12.7. The van der Waals surface area contributed by atoms with Gasteiger partial charge in [0.1, 0.15) is 6.54 Å². The second-order valence-electron chi connectivity index (χ2n) is 6.91. The van der Waals surface area contributed by atoms with Gasteiger partial charge in [-0.25, -0.2) is 0 Å². The van der Waals surface area contributed by atoms with Crippen molar-refractivity contribution >= 4 is 29.7 Å². The molecule has 4 rings (SSSR count). The number of benzene rings is 1. The smallest absolute Gasteiger partial charge is 0.240 e. The van der Waals surface area contributed by atoms with Gasteiger partial charge in [-0.1, -0.05) is 11.6 Å². The van der Waals surface area contributed by atoms with Crippen molar-refractivity contribution in [1.82, 2.24) is 20.1 Å². The zero-order chi connectivity index (χ0) is 18.1. The molecule has 1 saturated carbocycles. The number of ether oxygens (including phenoxy) is 1. The van der Waals surface area contributed by atoms with Crippen LogP contribution in [0.25, 0.3) is 11.4 Å². The van der Waals surface area contributed by atoms with Crippen molar-refractivity contribution in [2.45, 2.75) is 44.4 Å². The van der Waals surface area contributed by atoms with Gasteiger partial charge in [0.2, 0.25) is 5.91 Å². The molecule has 2 fully saturated rings. The highest BCUT2D eigenvalue weighted by Crippen LogP contribution is 2.34. The summed E-state index contributed by atoms with van der Waals surface area (Å²) in [6.07, 6.45) is 4.53. The highest BCUT2D eigenvalue weighted by atomic mass is 35.5. The number of carbonyl (C=O) groups excluding carboxylic acids is 1. The maximum Gasteiger partial charge on any atom is 0.240 e. The number of hydrogen-bond donors (Lipinski definition) is 2. The van der Waals surface area contributed by atoms with Gasteiger partial charge in [-0.2, -0.15) is 5.10 Å². The van der Waals surface area contributed by atoms with Crippen LogP contribution in [0.2, 0.25) is 5.02 Å². The van der Waals surface area contributed by atoms with Crippen LogP contribution in [0.15, 0.2) is 24.3 Å². The molecule has 26 heavy (non-hydrogen) atoms. The predicted octanol–water partition coefficient (Wildman–Crippen LogP) is 3.33. The van der Waals surface area contributed by atoms with Gasteiger partial charge >= 0.3 is 0 Å². The topological polar surface area (TPSA) is 71.9 Å². The van der Waals surface area contributed by atoms with E-state index >= 15 is 0 Å². The Morgan fingerprint density at radius 3 is 2.96 bits per heavy atom. The fourth-order valence-corrected chi connectivity index (χ4v) is 4.36. The van der Waals surface area contributed by atoms with Gasteiger partial charge in [-0.15, -0.1) is 0 Å². The Morgan fingerprint density at radius 1 is 1.35 bits per heavy atom. The Hall–Kier alpha value is -1.70. The van der Waals surface area contributed by atoms with E-state index in [4.69, 9.17) is 28.6 Å². The molecule has 138 valence electrons. The SMILES string of the molecule is O=C(Cn1c(-c2ccc(Cl)cc2)n[nH]c1=S)NC1CCCC2OCCC12. The Balaban J connectivity index is 1.49. The molecule has 1 aliphatic carbocycles. The lowest BCUT2D eigenvalue weighted by Crippen LogP contribution is -2.46. The van der Waals surface area contributed by atoms with E-state index in [1.54, 1.807) is 16.7 Å². The summed E-state index contributed by atoms with van der Waals surface area (Å²) >= 11 is 11.3. The summed E-state index contributed by atoms with van der Waals surface area (Å²) in [5, 5.41) is 10.9. The number of hydrogen-bond acceptors (Lipinski definition) is 4. The minimum Gasteiger partial charge on any atom is -0.378 e. The van der Waals surface area contributed by atoms with Crippen molar-refractivity contribution in [3.05, 3.63) is 34.1 Å². The number of nitrogens with zero attached hydrogens (tertiary/aromatic N) is 2. The standard InChI is InChI=1S/C18H21ClN4O2S/c19-12-6-4-11(5-7-12)17-21-22-18(26)23(17)10-16(24)20-14-2-1-3-15-13(14)8-9-25-15/h4-7,13-15H,1-3,8-10H2,(H,20,24)(H,22,26). The van der Waals surface area contributed by atoms with Crippen LogP contribution < -0.4 is 5.32 Å². The molecule has 2 heterocycles. The highest BCUT2D eigenvalue weighted by Gasteiger charge is 2.38. The molecule has 1 aliphatic heterocycles. The molecule has 0 spiro atoms. The maximum absolute atomic E-state index is 12.7. The third-order valence-corrected chi connectivity index (χ3v) is 5.85. The fraction of sp³-hybridized carbons (Fsp3) is 0.500. The zero-order valence-electron chi connectivity index (χ0n) is 14.3. The molecule has 1 amide bonds. The van der Waals surface area contributed by atoms with Crippen molar-refractivity contribution < 1.29 is 9.53 Å². The van der Waals surface area contributed by atoms with E-state index < -0.39 is 0 Å². The predicted molar refractivity (Wildman–Crippen MR) is 101 cm³/mol. The van der Waals surface area contributed by atoms with Crippen LogP contribution in [0.1, 0.15) is 25.7 Å². The molecule has 0 bridgehead atoms. The van der Waals surface area contributed by atoms with E-state index in [0.29, 0.717) is 27.6 Å². The minimum atomic E-state index is -0.0461. The van der Waals surface area contributed by atoms with E-state index in [2.05, 4.69) is 15.5 Å². The average molecular weight is 393 g/mol. The van der Waals surface area contributed by atoms with Gasteiger partial charge in [0, 0.05) is 29.2 Å². The van der Waals surface area contributed by atoms with Crippen molar-refractivity contribution in [1.29, 1.82) is 0 Å². The van der Waals surface area contributed by atoms with Crippen LogP contribution in [0.4, 0.5) is 0 Å². The third kappa shape index (κ3) is 3.56. The third-order valence-electron chi connectivity index (χ3n) is 5.29. The lowest BCUT2D eigenvalue weighted by atomic mass is 9.82.